The van der Waals surface area contributed by atoms with Crippen molar-refractivity contribution < 1.29 is 14.3 Å². The van der Waals surface area contributed by atoms with Gasteiger partial charge in [0.15, 0.2) is 0 Å². The van der Waals surface area contributed by atoms with Crippen LogP contribution in [0.3, 0.4) is 0 Å². The monoisotopic (exact) mass is 389 g/mol. The molecular weight excluding hydrogens is 354 g/mol. The summed E-state index contributed by atoms with van der Waals surface area (Å²) in [5.41, 5.74) is 5.50. The molecule has 0 saturated carbocycles. The highest BCUT2D eigenvalue weighted by Crippen LogP contribution is 2.23. The van der Waals surface area contributed by atoms with E-state index in [-0.39, 0.29) is 36.4 Å². The number of amides is 2. The number of rotatable bonds is 8. The fourth-order valence-electron chi connectivity index (χ4n) is 3.75. The molecule has 0 bridgehead atoms. The van der Waals surface area contributed by atoms with Crippen molar-refractivity contribution in [1.82, 2.24) is 9.80 Å². The standard InChI is InChI=1S/C19H35N3O3.ClH/c1-15(2)14-17(22-10-4-3-6-18(22)23)19(24)21-11-7-16(8-12-21)25-13-5-9-20;/h15-17H,3-14,20H2,1-2H3;1H. The number of hydrogen-bond donors (Lipinski definition) is 1. The molecule has 0 aliphatic carbocycles. The van der Waals surface area contributed by atoms with Gasteiger partial charge < -0.3 is 20.3 Å². The summed E-state index contributed by atoms with van der Waals surface area (Å²) in [5.74, 6) is 0.662. The third-order valence-corrected chi connectivity index (χ3v) is 5.17. The van der Waals surface area contributed by atoms with Crippen molar-refractivity contribution in [3.05, 3.63) is 0 Å². The van der Waals surface area contributed by atoms with Crippen LogP contribution in [0.2, 0.25) is 0 Å². The van der Waals surface area contributed by atoms with Crippen molar-refractivity contribution in [3.63, 3.8) is 0 Å². The zero-order valence-corrected chi connectivity index (χ0v) is 17.1. The van der Waals surface area contributed by atoms with Crippen molar-refractivity contribution in [2.45, 2.75) is 70.9 Å². The molecule has 2 rings (SSSR count). The Kier molecular flexibility index (Phi) is 10.5. The van der Waals surface area contributed by atoms with Crippen LogP contribution in [0.5, 0.6) is 0 Å². The number of nitrogens with two attached hydrogens (primary N) is 1. The van der Waals surface area contributed by atoms with Crippen molar-refractivity contribution in [3.8, 4) is 0 Å². The van der Waals surface area contributed by atoms with Gasteiger partial charge in [0.25, 0.3) is 0 Å². The second kappa shape index (κ2) is 11.8. The molecular formula is C19H36ClN3O3. The van der Waals surface area contributed by atoms with E-state index < -0.39 is 0 Å². The lowest BCUT2D eigenvalue weighted by Gasteiger charge is -2.39. The van der Waals surface area contributed by atoms with Gasteiger partial charge in [-0.2, -0.15) is 0 Å². The summed E-state index contributed by atoms with van der Waals surface area (Å²) in [7, 11) is 0. The molecule has 2 saturated heterocycles. The summed E-state index contributed by atoms with van der Waals surface area (Å²) in [5, 5.41) is 0. The highest BCUT2D eigenvalue weighted by molar-refractivity contribution is 5.88. The van der Waals surface area contributed by atoms with E-state index in [1.807, 2.05) is 9.80 Å². The van der Waals surface area contributed by atoms with Crippen LogP contribution < -0.4 is 5.73 Å². The Bertz CT molecular complexity index is 440. The summed E-state index contributed by atoms with van der Waals surface area (Å²) in [6.45, 7) is 7.76. The smallest absolute Gasteiger partial charge is 0.245 e. The van der Waals surface area contributed by atoms with Crippen LogP contribution in [-0.2, 0) is 14.3 Å². The van der Waals surface area contributed by atoms with E-state index in [1.165, 1.54) is 0 Å². The van der Waals surface area contributed by atoms with E-state index in [9.17, 15) is 9.59 Å². The number of ether oxygens (including phenoxy) is 1. The average Bonchev–Trinajstić information content (AvgIpc) is 2.60. The number of carbonyl (C=O) groups excluding carboxylic acids is 2. The van der Waals surface area contributed by atoms with Gasteiger partial charge in [-0.05, 0) is 51.0 Å². The molecule has 7 heteroatoms. The van der Waals surface area contributed by atoms with Crippen LogP contribution in [0.1, 0.15) is 58.8 Å². The number of nitrogens with zero attached hydrogens (tertiary/aromatic N) is 2. The average molecular weight is 390 g/mol. The summed E-state index contributed by atoms with van der Waals surface area (Å²) >= 11 is 0. The molecule has 1 unspecified atom stereocenters. The summed E-state index contributed by atoms with van der Waals surface area (Å²) in [6, 6.07) is -0.289. The van der Waals surface area contributed by atoms with E-state index >= 15 is 0 Å². The first-order valence-corrected chi connectivity index (χ1v) is 9.92. The van der Waals surface area contributed by atoms with Gasteiger partial charge >= 0.3 is 0 Å². The molecule has 0 spiro atoms. The summed E-state index contributed by atoms with van der Waals surface area (Å²) in [4.78, 5) is 29.2. The second-order valence-electron chi connectivity index (χ2n) is 7.73. The molecule has 2 fully saturated rings. The normalized spacial score (nSPS) is 20.2. The van der Waals surface area contributed by atoms with Crippen molar-refractivity contribution in [2.24, 2.45) is 11.7 Å². The lowest BCUT2D eigenvalue weighted by Crippen LogP contribution is -2.54. The molecule has 6 nitrogen and oxygen atoms in total. The summed E-state index contributed by atoms with van der Waals surface area (Å²) in [6.07, 6.45) is 6.14. The Morgan fingerprint density at radius 1 is 1.23 bits per heavy atom. The number of halogens is 1. The van der Waals surface area contributed by atoms with Crippen LogP contribution in [0.15, 0.2) is 0 Å². The molecule has 2 heterocycles. The molecule has 2 N–H and O–H groups in total. The van der Waals surface area contributed by atoms with E-state index in [2.05, 4.69) is 13.8 Å². The Labute approximate surface area is 164 Å². The van der Waals surface area contributed by atoms with Gasteiger partial charge in [-0.15, -0.1) is 12.4 Å². The number of carbonyl (C=O) groups is 2. The SMILES string of the molecule is CC(C)CC(C(=O)N1CCC(OCCCN)CC1)N1CCCCC1=O.Cl. The molecule has 2 aliphatic heterocycles. The fourth-order valence-corrected chi connectivity index (χ4v) is 3.75. The molecule has 26 heavy (non-hydrogen) atoms. The maximum atomic E-state index is 13.1. The molecule has 152 valence electrons. The van der Waals surface area contributed by atoms with Crippen molar-refractivity contribution >= 4 is 24.2 Å². The zero-order chi connectivity index (χ0) is 18.2. The molecule has 0 radical (unpaired) electrons. The van der Waals surface area contributed by atoms with Crippen LogP contribution in [0, 0.1) is 5.92 Å². The van der Waals surface area contributed by atoms with Gasteiger partial charge in [-0.25, -0.2) is 0 Å². The largest absolute Gasteiger partial charge is 0.378 e. The lowest BCUT2D eigenvalue weighted by molar-refractivity contribution is -0.149. The second-order valence-corrected chi connectivity index (χ2v) is 7.73. The van der Waals surface area contributed by atoms with Gasteiger partial charge in [0.1, 0.15) is 6.04 Å². The summed E-state index contributed by atoms with van der Waals surface area (Å²) < 4.78 is 5.83. The Morgan fingerprint density at radius 3 is 2.50 bits per heavy atom. The first-order valence-electron chi connectivity index (χ1n) is 9.92. The van der Waals surface area contributed by atoms with Crippen LogP contribution in [0.25, 0.3) is 0 Å². The van der Waals surface area contributed by atoms with E-state index in [0.29, 0.717) is 25.5 Å². The van der Waals surface area contributed by atoms with Crippen molar-refractivity contribution in [1.29, 1.82) is 0 Å². The predicted molar refractivity (Wildman–Crippen MR) is 105 cm³/mol. The minimum atomic E-state index is -0.289. The van der Waals surface area contributed by atoms with Gasteiger partial charge in [0, 0.05) is 32.7 Å². The number of piperidine rings is 2. The maximum absolute atomic E-state index is 13.1. The third-order valence-electron chi connectivity index (χ3n) is 5.17. The highest BCUT2D eigenvalue weighted by Gasteiger charge is 2.35. The van der Waals surface area contributed by atoms with E-state index in [1.54, 1.807) is 0 Å². The van der Waals surface area contributed by atoms with Gasteiger partial charge in [-0.1, -0.05) is 13.8 Å². The van der Waals surface area contributed by atoms with Gasteiger partial charge in [0.05, 0.1) is 6.10 Å². The lowest BCUT2D eigenvalue weighted by atomic mass is 9.97. The van der Waals surface area contributed by atoms with Crippen LogP contribution in [-0.4, -0.2) is 66.5 Å². The third kappa shape index (κ3) is 6.71. The Balaban J connectivity index is 0.00000338. The molecule has 2 amide bonds. The quantitative estimate of drug-likeness (QED) is 0.645. The van der Waals surface area contributed by atoms with Crippen molar-refractivity contribution in [2.75, 3.05) is 32.8 Å². The first-order chi connectivity index (χ1) is 12.0. The molecule has 0 aromatic heterocycles. The maximum Gasteiger partial charge on any atom is 0.245 e. The molecule has 1 atom stereocenters. The Morgan fingerprint density at radius 2 is 1.92 bits per heavy atom. The predicted octanol–water partition coefficient (Wildman–Crippen LogP) is 2.19. The van der Waals surface area contributed by atoms with Crippen LogP contribution in [0.4, 0.5) is 0 Å². The van der Waals surface area contributed by atoms with Crippen LogP contribution >= 0.6 is 12.4 Å². The Hall–Kier alpha value is -0.850. The molecule has 2 aliphatic rings. The zero-order valence-electron chi connectivity index (χ0n) is 16.3. The van der Waals surface area contributed by atoms with Gasteiger partial charge in [-0.3, -0.25) is 9.59 Å². The molecule has 0 aromatic carbocycles. The molecule has 0 aromatic rings. The number of likely N-dealkylation sites (tertiary alicyclic amines) is 2. The minimum absolute atomic E-state index is 0. The fraction of sp³-hybridized carbons (Fsp3) is 0.895. The number of hydrogen-bond acceptors (Lipinski definition) is 4. The minimum Gasteiger partial charge on any atom is -0.378 e. The van der Waals surface area contributed by atoms with Gasteiger partial charge in [0.2, 0.25) is 11.8 Å². The van der Waals surface area contributed by atoms with E-state index in [0.717, 1.165) is 58.2 Å². The first kappa shape index (κ1) is 23.2. The van der Waals surface area contributed by atoms with E-state index in [4.69, 9.17) is 10.5 Å². The topological polar surface area (TPSA) is 75.9 Å². The highest BCUT2D eigenvalue weighted by atomic mass is 35.5.